The Balaban J connectivity index is 1.47. The van der Waals surface area contributed by atoms with E-state index in [1.807, 2.05) is 12.3 Å². The fourth-order valence-corrected chi connectivity index (χ4v) is 4.99. The average molecular weight is 539 g/mol. The number of primary amides is 1. The Labute approximate surface area is 225 Å². The normalized spacial score (nSPS) is 11.2. The number of amides is 1. The zero-order valence-electron chi connectivity index (χ0n) is 19.5. The highest BCUT2D eigenvalue weighted by atomic mass is 35.5. The Morgan fingerprint density at radius 1 is 1.05 bits per heavy atom. The number of benzene rings is 1. The van der Waals surface area contributed by atoms with E-state index in [1.54, 1.807) is 64.2 Å². The molecule has 0 aliphatic rings. The van der Waals surface area contributed by atoms with Crippen LogP contribution in [-0.4, -0.2) is 35.0 Å². The van der Waals surface area contributed by atoms with Crippen molar-refractivity contribution in [2.75, 3.05) is 0 Å². The lowest BCUT2D eigenvalue weighted by Crippen LogP contribution is -2.15. The third-order valence-corrected chi connectivity index (χ3v) is 6.75. The average Bonchev–Trinajstić information content (AvgIpc) is 3.53. The van der Waals surface area contributed by atoms with Crippen LogP contribution in [0.3, 0.4) is 0 Å². The van der Waals surface area contributed by atoms with Crippen LogP contribution in [0.25, 0.3) is 38.9 Å². The van der Waals surface area contributed by atoms with E-state index in [9.17, 15) is 4.79 Å². The van der Waals surface area contributed by atoms with E-state index in [0.29, 0.717) is 50.0 Å². The van der Waals surface area contributed by atoms with E-state index in [4.69, 9.17) is 39.2 Å². The summed E-state index contributed by atoms with van der Waals surface area (Å²) in [5, 5.41) is 15.0. The summed E-state index contributed by atoms with van der Waals surface area (Å²) < 4.78 is 3.39. The van der Waals surface area contributed by atoms with Gasteiger partial charge in [-0.1, -0.05) is 29.3 Å². The molecule has 0 aliphatic heterocycles. The number of aromatic nitrogens is 6. The minimum Gasteiger partial charge on any atom is -0.364 e. The summed E-state index contributed by atoms with van der Waals surface area (Å²) in [7, 11) is 0. The number of pyridine rings is 3. The maximum absolute atomic E-state index is 12.5. The lowest BCUT2D eigenvalue weighted by molar-refractivity contribution is 0.0995. The van der Waals surface area contributed by atoms with Crippen molar-refractivity contribution in [3.8, 4) is 28.5 Å². The number of carbonyl (C=O) groups excluding carboxylic acids is 1. The van der Waals surface area contributed by atoms with Crippen LogP contribution in [0.1, 0.15) is 21.6 Å². The zero-order chi connectivity index (χ0) is 26.4. The molecule has 1 aromatic carbocycles. The summed E-state index contributed by atoms with van der Waals surface area (Å²) in [6.45, 7) is 0.456. The number of hydrogen-bond acceptors (Lipinski definition) is 6. The number of hydrogen-bond donors (Lipinski definition) is 1. The SMILES string of the molecule is N#Cc1cncc(Cn2cc(-c3cnc4ccn5c(C(N)=O)c(-c6c(Cl)cccc6Cl)nc5c4c3)cn2)c1. The summed E-state index contributed by atoms with van der Waals surface area (Å²) >= 11 is 12.9. The van der Waals surface area contributed by atoms with Crippen LogP contribution in [0.4, 0.5) is 0 Å². The van der Waals surface area contributed by atoms with Gasteiger partial charge < -0.3 is 5.73 Å². The fourth-order valence-electron chi connectivity index (χ4n) is 4.41. The Morgan fingerprint density at radius 2 is 1.87 bits per heavy atom. The first kappa shape index (κ1) is 23.6. The van der Waals surface area contributed by atoms with Crippen LogP contribution in [0.15, 0.2) is 73.6 Å². The standard InChI is InChI=1S/C27H16Cl2N8O/c28-20-2-1-3-21(29)23(20)24-25(26(31)38)37-5-4-22-19(27(37)35-24)7-17(11-33-22)18-12-34-36(14-18)13-16-6-15(8-30)9-32-10-16/h1-7,9-12,14H,13H2,(H2,31,38). The monoisotopic (exact) mass is 538 g/mol. The number of fused-ring (bicyclic) bond motifs is 3. The van der Waals surface area contributed by atoms with Gasteiger partial charge >= 0.3 is 0 Å². The molecule has 1 amide bonds. The molecule has 5 heterocycles. The number of nitrogens with zero attached hydrogens (tertiary/aromatic N) is 7. The maximum Gasteiger partial charge on any atom is 0.268 e. The third kappa shape index (κ3) is 4.02. The van der Waals surface area contributed by atoms with Crippen molar-refractivity contribution in [1.82, 2.24) is 29.1 Å². The molecule has 0 spiro atoms. The van der Waals surface area contributed by atoms with Gasteiger partial charge in [-0.15, -0.1) is 0 Å². The summed E-state index contributed by atoms with van der Waals surface area (Å²) in [5.41, 5.74) is 10.8. The molecule has 0 unspecified atom stereocenters. The van der Waals surface area contributed by atoms with Gasteiger partial charge in [0.05, 0.1) is 33.9 Å². The first-order valence-corrected chi connectivity index (χ1v) is 12.1. The van der Waals surface area contributed by atoms with Crippen molar-refractivity contribution >= 4 is 45.7 Å². The summed E-state index contributed by atoms with van der Waals surface area (Å²) in [6, 6.07) is 12.7. The second-order valence-electron chi connectivity index (χ2n) is 8.56. The van der Waals surface area contributed by atoms with E-state index < -0.39 is 5.91 Å². The molecular formula is C27H16Cl2N8O. The maximum atomic E-state index is 12.5. The van der Waals surface area contributed by atoms with Gasteiger partial charge in [0.25, 0.3) is 5.91 Å². The molecule has 5 aromatic heterocycles. The summed E-state index contributed by atoms with van der Waals surface area (Å²) in [5.74, 6) is -0.664. The van der Waals surface area contributed by atoms with Crippen molar-refractivity contribution in [3.05, 3.63) is 100 Å². The summed E-state index contributed by atoms with van der Waals surface area (Å²) in [6.07, 6.45) is 10.3. The van der Waals surface area contributed by atoms with Crippen LogP contribution in [0.5, 0.6) is 0 Å². The van der Waals surface area contributed by atoms with Crippen molar-refractivity contribution in [2.45, 2.75) is 6.54 Å². The molecule has 0 radical (unpaired) electrons. The lowest BCUT2D eigenvalue weighted by atomic mass is 10.1. The van der Waals surface area contributed by atoms with Gasteiger partial charge in [0.2, 0.25) is 0 Å². The van der Waals surface area contributed by atoms with Crippen LogP contribution in [0.2, 0.25) is 10.0 Å². The van der Waals surface area contributed by atoms with Crippen LogP contribution < -0.4 is 5.73 Å². The van der Waals surface area contributed by atoms with E-state index in [1.165, 1.54) is 6.20 Å². The lowest BCUT2D eigenvalue weighted by Gasteiger charge is -2.06. The van der Waals surface area contributed by atoms with Crippen LogP contribution >= 0.6 is 23.2 Å². The number of halogens is 2. The third-order valence-electron chi connectivity index (χ3n) is 6.12. The van der Waals surface area contributed by atoms with E-state index >= 15 is 0 Å². The number of nitrogens with two attached hydrogens (primary N) is 1. The Hall–Kier alpha value is -4.78. The molecule has 11 heteroatoms. The highest BCUT2D eigenvalue weighted by Crippen LogP contribution is 2.37. The molecule has 6 aromatic rings. The topological polar surface area (TPSA) is 128 Å². The highest BCUT2D eigenvalue weighted by Gasteiger charge is 2.23. The molecule has 184 valence electrons. The number of imidazole rings is 1. The molecule has 6 rings (SSSR count). The van der Waals surface area contributed by atoms with Crippen molar-refractivity contribution in [2.24, 2.45) is 5.73 Å². The van der Waals surface area contributed by atoms with Gasteiger partial charge in [-0.2, -0.15) is 10.4 Å². The zero-order valence-corrected chi connectivity index (χ0v) is 21.0. The van der Waals surface area contributed by atoms with E-state index in [0.717, 1.165) is 16.7 Å². The minimum absolute atomic E-state index is 0.170. The van der Waals surface area contributed by atoms with Gasteiger partial charge in [-0.25, -0.2) is 4.98 Å². The Morgan fingerprint density at radius 3 is 2.63 bits per heavy atom. The molecular weight excluding hydrogens is 523 g/mol. The molecule has 0 saturated heterocycles. The smallest absolute Gasteiger partial charge is 0.268 e. The second-order valence-corrected chi connectivity index (χ2v) is 9.37. The first-order chi connectivity index (χ1) is 18.4. The molecule has 0 bridgehead atoms. The van der Waals surface area contributed by atoms with Gasteiger partial charge in [0.15, 0.2) is 0 Å². The first-order valence-electron chi connectivity index (χ1n) is 11.3. The molecule has 0 aliphatic carbocycles. The second kappa shape index (κ2) is 9.27. The number of carbonyl (C=O) groups is 1. The fraction of sp³-hybridized carbons (Fsp3) is 0.0370. The van der Waals surface area contributed by atoms with Crippen LogP contribution in [0, 0.1) is 11.3 Å². The van der Waals surface area contributed by atoms with Gasteiger partial charge in [0, 0.05) is 53.1 Å². The van der Waals surface area contributed by atoms with Crippen molar-refractivity contribution in [1.29, 1.82) is 5.26 Å². The molecule has 9 nitrogen and oxygen atoms in total. The van der Waals surface area contributed by atoms with E-state index in [2.05, 4.69) is 21.1 Å². The molecule has 0 fully saturated rings. The summed E-state index contributed by atoms with van der Waals surface area (Å²) in [4.78, 5) is 26.0. The molecule has 0 saturated carbocycles. The van der Waals surface area contributed by atoms with Crippen LogP contribution in [-0.2, 0) is 6.54 Å². The van der Waals surface area contributed by atoms with E-state index in [-0.39, 0.29) is 5.69 Å². The number of nitriles is 1. The number of rotatable bonds is 5. The van der Waals surface area contributed by atoms with Gasteiger partial charge in [-0.3, -0.25) is 23.8 Å². The Bertz CT molecular complexity index is 1920. The largest absolute Gasteiger partial charge is 0.364 e. The van der Waals surface area contributed by atoms with Gasteiger partial charge in [-0.05, 0) is 35.9 Å². The van der Waals surface area contributed by atoms with Crippen molar-refractivity contribution < 1.29 is 4.79 Å². The predicted molar refractivity (Wildman–Crippen MR) is 144 cm³/mol. The predicted octanol–water partition coefficient (Wildman–Crippen LogP) is 5.13. The van der Waals surface area contributed by atoms with Gasteiger partial charge in [0.1, 0.15) is 23.1 Å². The molecule has 0 atom stereocenters. The Kier molecular flexibility index (Phi) is 5.76. The van der Waals surface area contributed by atoms with Crippen molar-refractivity contribution in [3.63, 3.8) is 0 Å². The molecule has 38 heavy (non-hydrogen) atoms. The molecule has 2 N–H and O–H groups in total. The highest BCUT2D eigenvalue weighted by molar-refractivity contribution is 6.39. The minimum atomic E-state index is -0.664. The quantitative estimate of drug-likeness (QED) is 0.323.